The van der Waals surface area contributed by atoms with E-state index in [4.69, 9.17) is 0 Å². The number of nitrogens with zero attached hydrogens (tertiary/aromatic N) is 1. The molecule has 3 heteroatoms. The molecule has 0 saturated heterocycles. The minimum Gasteiger partial charge on any atom is -0.481 e. The van der Waals surface area contributed by atoms with E-state index >= 15 is 0 Å². The van der Waals surface area contributed by atoms with Crippen LogP contribution in [0.3, 0.4) is 0 Å². The fourth-order valence-electron chi connectivity index (χ4n) is 3.22. The third-order valence-electron chi connectivity index (χ3n) is 3.92. The Labute approximate surface area is 105 Å². The molecule has 1 aliphatic carbocycles. The molecule has 0 aromatic heterocycles. The second kappa shape index (κ2) is 7.00. The maximum absolute atomic E-state index is 11.2. The van der Waals surface area contributed by atoms with Crippen molar-refractivity contribution in [1.29, 1.82) is 0 Å². The minimum absolute atomic E-state index is 0.0455. The average Bonchev–Trinajstić information content (AvgIpc) is 2.29. The lowest BCUT2D eigenvalue weighted by Gasteiger charge is -2.46. The minimum atomic E-state index is -0.635. The van der Waals surface area contributed by atoms with Crippen molar-refractivity contribution >= 4 is 5.97 Å². The molecule has 1 aliphatic rings. The largest absolute Gasteiger partial charge is 0.481 e. The Morgan fingerprint density at radius 2 is 1.65 bits per heavy atom. The number of carbonyl (C=O) groups is 1. The Balaban J connectivity index is 2.79. The number of aliphatic carboxylic acids is 1. The summed E-state index contributed by atoms with van der Waals surface area (Å²) in [5.41, 5.74) is -0.0455. The zero-order valence-electron chi connectivity index (χ0n) is 11.4. The quantitative estimate of drug-likeness (QED) is 0.743. The number of carboxylic acids is 1. The monoisotopic (exact) mass is 241 g/mol. The average molecular weight is 241 g/mol. The van der Waals surface area contributed by atoms with Crippen molar-refractivity contribution in [3.63, 3.8) is 0 Å². The van der Waals surface area contributed by atoms with E-state index in [0.717, 1.165) is 38.8 Å². The molecular weight excluding hydrogens is 214 g/mol. The van der Waals surface area contributed by atoms with Crippen LogP contribution in [0.15, 0.2) is 0 Å². The van der Waals surface area contributed by atoms with Crippen LogP contribution in [0.4, 0.5) is 0 Å². The van der Waals surface area contributed by atoms with Crippen LogP contribution in [0.2, 0.25) is 0 Å². The third-order valence-corrected chi connectivity index (χ3v) is 3.92. The molecule has 0 heterocycles. The molecule has 0 spiro atoms. The Hall–Kier alpha value is -0.570. The lowest BCUT2D eigenvalue weighted by atomic mass is 9.77. The van der Waals surface area contributed by atoms with Crippen LogP contribution in [0.5, 0.6) is 0 Å². The van der Waals surface area contributed by atoms with Gasteiger partial charge in [-0.05, 0) is 38.8 Å². The molecule has 1 N–H and O–H groups in total. The fourth-order valence-corrected chi connectivity index (χ4v) is 3.22. The highest BCUT2D eigenvalue weighted by Crippen LogP contribution is 2.36. The van der Waals surface area contributed by atoms with Gasteiger partial charge < -0.3 is 5.11 Å². The fraction of sp³-hybridized carbons (Fsp3) is 0.929. The van der Waals surface area contributed by atoms with Gasteiger partial charge in [-0.15, -0.1) is 0 Å². The molecule has 0 aromatic carbocycles. The van der Waals surface area contributed by atoms with Gasteiger partial charge >= 0.3 is 5.97 Å². The molecule has 0 aliphatic heterocycles. The molecule has 1 rings (SSSR count). The van der Waals surface area contributed by atoms with Crippen LogP contribution < -0.4 is 0 Å². The van der Waals surface area contributed by atoms with E-state index in [0.29, 0.717) is 6.42 Å². The second-order valence-corrected chi connectivity index (χ2v) is 5.34. The predicted octanol–water partition coefficient (Wildman–Crippen LogP) is 3.29. The van der Waals surface area contributed by atoms with Gasteiger partial charge in [0.1, 0.15) is 0 Å². The first-order valence-electron chi connectivity index (χ1n) is 7.11. The van der Waals surface area contributed by atoms with Gasteiger partial charge in [0, 0.05) is 5.54 Å². The maximum atomic E-state index is 11.2. The highest BCUT2D eigenvalue weighted by Gasteiger charge is 2.38. The standard InChI is InChI=1S/C14H27NO2/c1-3-10-15(11-4-2)14(12-13(16)17)8-6-5-7-9-14/h3-12H2,1-2H3,(H,16,17). The zero-order valence-corrected chi connectivity index (χ0v) is 11.4. The van der Waals surface area contributed by atoms with Gasteiger partial charge in [-0.2, -0.15) is 0 Å². The van der Waals surface area contributed by atoms with Crippen molar-refractivity contribution in [3.05, 3.63) is 0 Å². The van der Waals surface area contributed by atoms with E-state index in [9.17, 15) is 9.90 Å². The van der Waals surface area contributed by atoms with Crippen molar-refractivity contribution in [2.24, 2.45) is 0 Å². The van der Waals surface area contributed by atoms with Gasteiger partial charge in [0.25, 0.3) is 0 Å². The summed E-state index contributed by atoms with van der Waals surface area (Å²) in [6, 6.07) is 0. The molecule has 1 fully saturated rings. The topological polar surface area (TPSA) is 40.5 Å². The van der Waals surface area contributed by atoms with Gasteiger partial charge in [-0.1, -0.05) is 33.1 Å². The van der Waals surface area contributed by atoms with E-state index < -0.39 is 5.97 Å². The zero-order chi connectivity index (χ0) is 12.7. The van der Waals surface area contributed by atoms with Gasteiger partial charge in [-0.25, -0.2) is 0 Å². The summed E-state index contributed by atoms with van der Waals surface area (Å²) >= 11 is 0. The van der Waals surface area contributed by atoms with Gasteiger partial charge in [0.05, 0.1) is 6.42 Å². The molecule has 100 valence electrons. The van der Waals surface area contributed by atoms with E-state index in [1.54, 1.807) is 0 Å². The van der Waals surface area contributed by atoms with Gasteiger partial charge in [-0.3, -0.25) is 9.69 Å². The highest BCUT2D eigenvalue weighted by molar-refractivity contribution is 5.68. The Bertz CT molecular complexity index is 228. The number of hydrogen-bond acceptors (Lipinski definition) is 2. The first-order valence-corrected chi connectivity index (χ1v) is 7.11. The SMILES string of the molecule is CCCN(CCC)C1(CC(=O)O)CCCCC1. The van der Waals surface area contributed by atoms with E-state index in [1.807, 2.05) is 0 Å². The predicted molar refractivity (Wildman–Crippen MR) is 70.2 cm³/mol. The molecule has 0 amide bonds. The summed E-state index contributed by atoms with van der Waals surface area (Å²) in [5, 5.41) is 9.19. The Morgan fingerprint density at radius 3 is 2.06 bits per heavy atom. The molecule has 0 radical (unpaired) electrons. The lowest BCUT2D eigenvalue weighted by Crippen LogP contribution is -2.52. The van der Waals surface area contributed by atoms with Gasteiger partial charge in [0.15, 0.2) is 0 Å². The van der Waals surface area contributed by atoms with Crippen LogP contribution in [0.1, 0.15) is 65.2 Å². The van der Waals surface area contributed by atoms with Crippen LogP contribution in [-0.2, 0) is 4.79 Å². The summed E-state index contributed by atoms with van der Waals surface area (Å²) in [6.07, 6.45) is 8.34. The highest BCUT2D eigenvalue weighted by atomic mass is 16.4. The molecule has 0 aromatic rings. The molecule has 0 atom stereocenters. The van der Waals surface area contributed by atoms with E-state index in [2.05, 4.69) is 18.7 Å². The number of hydrogen-bond donors (Lipinski definition) is 1. The summed E-state index contributed by atoms with van der Waals surface area (Å²) in [7, 11) is 0. The molecule has 0 bridgehead atoms. The lowest BCUT2D eigenvalue weighted by molar-refractivity contribution is -0.141. The first-order chi connectivity index (χ1) is 8.14. The van der Waals surface area contributed by atoms with Crippen LogP contribution >= 0.6 is 0 Å². The van der Waals surface area contributed by atoms with Crippen LogP contribution in [0, 0.1) is 0 Å². The Kier molecular flexibility index (Phi) is 5.96. The second-order valence-electron chi connectivity index (χ2n) is 5.34. The van der Waals surface area contributed by atoms with Crippen molar-refractivity contribution in [2.75, 3.05) is 13.1 Å². The van der Waals surface area contributed by atoms with Crippen molar-refractivity contribution in [3.8, 4) is 0 Å². The van der Waals surface area contributed by atoms with Crippen LogP contribution in [-0.4, -0.2) is 34.6 Å². The molecule has 1 saturated carbocycles. The van der Waals surface area contributed by atoms with E-state index in [-0.39, 0.29) is 5.54 Å². The third kappa shape index (κ3) is 3.98. The Morgan fingerprint density at radius 1 is 1.12 bits per heavy atom. The summed E-state index contributed by atoms with van der Waals surface area (Å²) in [5.74, 6) is -0.635. The number of carboxylic acid groups (broad SMARTS) is 1. The molecule has 0 unspecified atom stereocenters. The molecular formula is C14H27NO2. The van der Waals surface area contributed by atoms with Crippen molar-refractivity contribution < 1.29 is 9.90 Å². The molecule has 17 heavy (non-hydrogen) atoms. The van der Waals surface area contributed by atoms with Gasteiger partial charge in [0.2, 0.25) is 0 Å². The van der Waals surface area contributed by atoms with Crippen LogP contribution in [0.25, 0.3) is 0 Å². The van der Waals surface area contributed by atoms with Crippen molar-refractivity contribution in [2.45, 2.75) is 70.8 Å². The smallest absolute Gasteiger partial charge is 0.305 e. The van der Waals surface area contributed by atoms with E-state index in [1.165, 1.54) is 19.3 Å². The maximum Gasteiger partial charge on any atom is 0.305 e. The summed E-state index contributed by atoms with van der Waals surface area (Å²) in [4.78, 5) is 13.6. The summed E-state index contributed by atoms with van der Waals surface area (Å²) in [6.45, 7) is 6.45. The molecule has 3 nitrogen and oxygen atoms in total. The number of rotatable bonds is 7. The normalized spacial score (nSPS) is 19.5. The first kappa shape index (κ1) is 14.5. The van der Waals surface area contributed by atoms with Crippen molar-refractivity contribution in [1.82, 2.24) is 4.90 Å². The summed E-state index contributed by atoms with van der Waals surface area (Å²) < 4.78 is 0.